The largest absolute Gasteiger partial charge is 0.482 e. The van der Waals surface area contributed by atoms with Crippen molar-refractivity contribution in [3.8, 4) is 0 Å². The number of fused-ring (bicyclic) bond motifs is 5. The number of hydrogen-bond acceptors (Lipinski definition) is 8. The van der Waals surface area contributed by atoms with Gasteiger partial charge in [0.1, 0.15) is 11.9 Å². The molecule has 0 unspecified atom stereocenters. The smallest absolute Gasteiger partial charge is 0.331 e. The Kier molecular flexibility index (Phi) is 4.85. The van der Waals surface area contributed by atoms with Gasteiger partial charge in [0.15, 0.2) is 11.4 Å². The van der Waals surface area contributed by atoms with E-state index in [-0.39, 0.29) is 12.2 Å². The second kappa shape index (κ2) is 7.20. The second-order valence-corrected chi connectivity index (χ2v) is 11.0. The third-order valence-electron chi connectivity index (χ3n) is 8.88. The Hall–Kier alpha value is -3.13. The number of cyclic esters (lactones) is 1. The highest BCUT2D eigenvalue weighted by molar-refractivity contribution is 5.97. The Morgan fingerprint density at radius 1 is 1.11 bits per heavy atom. The first-order chi connectivity index (χ1) is 16.3. The van der Waals surface area contributed by atoms with Crippen molar-refractivity contribution in [2.24, 2.45) is 22.2 Å². The molecule has 0 saturated carbocycles. The maximum Gasteiger partial charge on any atom is 0.331 e. The van der Waals surface area contributed by atoms with Crippen molar-refractivity contribution in [1.29, 1.82) is 0 Å². The Morgan fingerprint density at radius 3 is 2.46 bits per heavy atom. The van der Waals surface area contributed by atoms with Gasteiger partial charge >= 0.3 is 11.9 Å². The van der Waals surface area contributed by atoms with E-state index in [2.05, 4.69) is 0 Å². The number of esters is 2. The predicted octanol–water partition coefficient (Wildman–Crippen LogP) is 3.58. The molecule has 0 spiro atoms. The molecule has 8 heteroatoms. The summed E-state index contributed by atoms with van der Waals surface area (Å²) in [5.74, 6) is -1.23. The lowest BCUT2D eigenvalue weighted by molar-refractivity contribution is -0.159. The normalized spacial score (nSPS) is 39.2. The topological polar surface area (TPSA) is 112 Å². The SMILES string of the molecule is COC(=O)C[C@H]1C(C)(C)C(=O)C=C2O[C@@]3(C)C(=C[C@H](O)[C@@]4(C)C3=CC(=O)O[C@H]4c3ccoc3)[C@@]21C. The molecule has 0 aromatic carbocycles. The number of aliphatic hydroxyl groups excluding tert-OH is 1. The van der Waals surface area contributed by atoms with Crippen LogP contribution < -0.4 is 0 Å². The number of allylic oxidation sites excluding steroid dienone is 2. The molecule has 0 amide bonds. The van der Waals surface area contributed by atoms with Gasteiger partial charge in [0.05, 0.1) is 43.0 Å². The van der Waals surface area contributed by atoms with Gasteiger partial charge in [-0.15, -0.1) is 0 Å². The molecule has 186 valence electrons. The van der Waals surface area contributed by atoms with Gasteiger partial charge in [-0.05, 0) is 43.9 Å². The fourth-order valence-electron chi connectivity index (χ4n) is 6.81. The first kappa shape index (κ1) is 23.6. The van der Waals surface area contributed by atoms with Gasteiger partial charge in [0.2, 0.25) is 0 Å². The summed E-state index contributed by atoms with van der Waals surface area (Å²) in [5.41, 5.74) is -2.11. The summed E-state index contributed by atoms with van der Waals surface area (Å²) in [4.78, 5) is 38.4. The molecular formula is C27H30O8. The number of aliphatic hydroxyl groups is 1. The van der Waals surface area contributed by atoms with Crippen LogP contribution in [0, 0.1) is 22.2 Å². The number of ketones is 1. The van der Waals surface area contributed by atoms with Gasteiger partial charge in [-0.25, -0.2) is 4.79 Å². The number of rotatable bonds is 3. The lowest BCUT2D eigenvalue weighted by Crippen LogP contribution is -2.55. The van der Waals surface area contributed by atoms with Crippen LogP contribution >= 0.6 is 0 Å². The fraction of sp³-hybridized carbons (Fsp3) is 0.519. The predicted molar refractivity (Wildman–Crippen MR) is 122 cm³/mol. The molecule has 35 heavy (non-hydrogen) atoms. The van der Waals surface area contributed by atoms with Crippen LogP contribution in [0.2, 0.25) is 0 Å². The van der Waals surface area contributed by atoms with Crippen LogP contribution in [0.25, 0.3) is 0 Å². The van der Waals surface area contributed by atoms with Crippen molar-refractivity contribution in [1.82, 2.24) is 0 Å². The van der Waals surface area contributed by atoms with E-state index in [0.29, 0.717) is 22.5 Å². The zero-order chi connectivity index (χ0) is 25.6. The van der Waals surface area contributed by atoms with E-state index >= 15 is 0 Å². The summed E-state index contributed by atoms with van der Waals surface area (Å²) >= 11 is 0. The molecule has 4 aliphatic rings. The van der Waals surface area contributed by atoms with Crippen molar-refractivity contribution < 1.29 is 38.1 Å². The van der Waals surface area contributed by atoms with E-state index in [1.807, 2.05) is 34.6 Å². The van der Waals surface area contributed by atoms with E-state index in [0.717, 1.165) is 0 Å². The fourth-order valence-corrected chi connectivity index (χ4v) is 6.81. The standard InChI is InChI=1S/C27H30O8/c1-24(2)15(10-21(30)32-6)25(3)16-9-19(29)26(4)17(27(16,5)35-20(25)12-18(24)28)11-22(31)34-23(26)14-7-8-33-13-14/h7-9,11-13,15,19,23,29H,10H2,1-6H3/t15-,19-,23-,25-,26+,27-/m0/s1. The summed E-state index contributed by atoms with van der Waals surface area (Å²) in [6.45, 7) is 9.23. The summed E-state index contributed by atoms with van der Waals surface area (Å²) in [5, 5.41) is 11.6. The van der Waals surface area contributed by atoms with E-state index in [1.54, 1.807) is 12.1 Å². The van der Waals surface area contributed by atoms with Crippen LogP contribution in [0.5, 0.6) is 0 Å². The highest BCUT2D eigenvalue weighted by Gasteiger charge is 2.69. The lowest BCUT2D eigenvalue weighted by atomic mass is 9.50. The molecule has 2 aliphatic heterocycles. The molecule has 1 fully saturated rings. The third kappa shape index (κ3) is 2.86. The summed E-state index contributed by atoms with van der Waals surface area (Å²) in [6, 6.07) is 1.70. The molecule has 0 bridgehead atoms. The molecule has 5 rings (SSSR count). The first-order valence-electron chi connectivity index (χ1n) is 11.7. The molecule has 2 aliphatic carbocycles. The van der Waals surface area contributed by atoms with Crippen LogP contribution in [-0.4, -0.2) is 41.6 Å². The molecule has 1 saturated heterocycles. The number of methoxy groups -OCH3 is 1. The van der Waals surface area contributed by atoms with E-state index in [1.165, 1.54) is 31.8 Å². The van der Waals surface area contributed by atoms with Crippen LogP contribution in [0.3, 0.4) is 0 Å². The Bertz CT molecular complexity index is 1220. The summed E-state index contributed by atoms with van der Waals surface area (Å²) in [6.07, 6.45) is 5.74. The van der Waals surface area contributed by atoms with Crippen LogP contribution in [0.1, 0.15) is 52.7 Å². The highest BCUT2D eigenvalue weighted by Crippen LogP contribution is 2.69. The zero-order valence-corrected chi connectivity index (χ0v) is 20.7. The Balaban J connectivity index is 1.73. The number of carbonyl (C=O) groups is 3. The second-order valence-electron chi connectivity index (χ2n) is 11.0. The highest BCUT2D eigenvalue weighted by atomic mass is 16.6. The Morgan fingerprint density at radius 2 is 1.83 bits per heavy atom. The average molecular weight is 483 g/mol. The Labute approximate surface area is 203 Å². The van der Waals surface area contributed by atoms with Crippen molar-refractivity contribution in [2.75, 3.05) is 7.11 Å². The molecule has 1 aromatic heterocycles. The average Bonchev–Trinajstić information content (AvgIpc) is 3.40. The van der Waals surface area contributed by atoms with Crippen molar-refractivity contribution in [3.05, 3.63) is 59.3 Å². The van der Waals surface area contributed by atoms with Gasteiger partial charge in [-0.1, -0.05) is 19.9 Å². The monoisotopic (exact) mass is 482 g/mol. The van der Waals surface area contributed by atoms with Crippen LogP contribution in [-0.2, 0) is 28.6 Å². The van der Waals surface area contributed by atoms with Gasteiger partial charge < -0.3 is 23.7 Å². The molecule has 6 atom stereocenters. The molecule has 1 N–H and O–H groups in total. The molecule has 1 aromatic rings. The maximum atomic E-state index is 13.2. The van der Waals surface area contributed by atoms with Gasteiger partial charge in [-0.3, -0.25) is 9.59 Å². The van der Waals surface area contributed by atoms with Crippen molar-refractivity contribution in [2.45, 2.75) is 58.8 Å². The molecule has 0 radical (unpaired) electrons. The number of ether oxygens (including phenoxy) is 3. The van der Waals surface area contributed by atoms with E-state index < -0.39 is 51.9 Å². The minimum atomic E-state index is -1.15. The quantitative estimate of drug-likeness (QED) is 0.514. The minimum absolute atomic E-state index is 0.00798. The lowest BCUT2D eigenvalue weighted by Gasteiger charge is -2.53. The van der Waals surface area contributed by atoms with Crippen molar-refractivity contribution >= 4 is 17.7 Å². The van der Waals surface area contributed by atoms with Gasteiger partial charge in [0.25, 0.3) is 0 Å². The van der Waals surface area contributed by atoms with E-state index in [9.17, 15) is 19.5 Å². The van der Waals surface area contributed by atoms with E-state index in [4.69, 9.17) is 18.6 Å². The maximum absolute atomic E-state index is 13.2. The van der Waals surface area contributed by atoms with Gasteiger partial charge in [0, 0.05) is 23.1 Å². The number of carbonyl (C=O) groups excluding carboxylic acids is 3. The first-order valence-corrected chi connectivity index (χ1v) is 11.7. The van der Waals surface area contributed by atoms with Crippen molar-refractivity contribution in [3.63, 3.8) is 0 Å². The summed E-state index contributed by atoms with van der Waals surface area (Å²) in [7, 11) is 1.32. The summed E-state index contributed by atoms with van der Waals surface area (Å²) < 4.78 is 22.5. The molecule has 3 heterocycles. The van der Waals surface area contributed by atoms with Gasteiger partial charge in [-0.2, -0.15) is 0 Å². The third-order valence-corrected chi connectivity index (χ3v) is 8.88. The van der Waals surface area contributed by atoms with Crippen LogP contribution in [0.15, 0.2) is 58.1 Å². The molecule has 8 nitrogen and oxygen atoms in total. The number of hydrogen-bond donors (Lipinski definition) is 1. The van der Waals surface area contributed by atoms with Crippen LogP contribution in [0.4, 0.5) is 0 Å². The zero-order valence-electron chi connectivity index (χ0n) is 20.7. The number of furan rings is 1. The minimum Gasteiger partial charge on any atom is -0.482 e. The molecular weight excluding hydrogens is 452 g/mol.